The molecule has 4 N–H and O–H groups in total. The van der Waals surface area contributed by atoms with Crippen molar-refractivity contribution in [3.05, 3.63) is 47.0 Å². The Morgan fingerprint density at radius 1 is 0.789 bits per heavy atom. The third-order valence-corrected chi connectivity index (χ3v) is 2.75. The maximum absolute atomic E-state index is 13.8. The number of benzene rings is 2. The van der Waals surface area contributed by atoms with Crippen LogP contribution in [-0.2, 0) is 0 Å². The zero-order chi connectivity index (χ0) is 14.3. The number of nitrogens with two attached hydrogens (primary N) is 2. The third kappa shape index (κ3) is 2.09. The van der Waals surface area contributed by atoms with Crippen LogP contribution in [0.15, 0.2) is 18.2 Å². The SMILES string of the molecule is Cc1cc(F)c(-c2cc(F)c(N)c(F)c2N)c(F)c1. The zero-order valence-electron chi connectivity index (χ0n) is 9.90. The normalized spacial score (nSPS) is 10.8. The number of halogens is 4. The van der Waals surface area contributed by atoms with Crippen LogP contribution in [0.3, 0.4) is 0 Å². The van der Waals surface area contributed by atoms with E-state index >= 15 is 0 Å². The van der Waals surface area contributed by atoms with E-state index in [4.69, 9.17) is 11.5 Å². The van der Waals surface area contributed by atoms with Crippen LogP contribution >= 0.6 is 0 Å². The second-order valence-corrected chi connectivity index (χ2v) is 4.15. The highest BCUT2D eigenvalue weighted by Gasteiger charge is 2.20. The van der Waals surface area contributed by atoms with Crippen LogP contribution in [0.25, 0.3) is 11.1 Å². The Balaban J connectivity index is 2.80. The van der Waals surface area contributed by atoms with Gasteiger partial charge in [-0.2, -0.15) is 0 Å². The first kappa shape index (κ1) is 13.2. The molecule has 2 nitrogen and oxygen atoms in total. The minimum atomic E-state index is -1.23. The van der Waals surface area contributed by atoms with E-state index in [-0.39, 0.29) is 0 Å². The van der Waals surface area contributed by atoms with E-state index in [2.05, 4.69) is 0 Å². The summed E-state index contributed by atoms with van der Waals surface area (Å²) >= 11 is 0. The van der Waals surface area contributed by atoms with E-state index in [0.29, 0.717) is 11.6 Å². The van der Waals surface area contributed by atoms with Gasteiger partial charge >= 0.3 is 0 Å². The van der Waals surface area contributed by atoms with E-state index in [1.807, 2.05) is 0 Å². The highest BCUT2D eigenvalue weighted by molar-refractivity contribution is 5.80. The summed E-state index contributed by atoms with van der Waals surface area (Å²) in [7, 11) is 0. The van der Waals surface area contributed by atoms with Gasteiger partial charge in [0.05, 0.1) is 11.3 Å². The van der Waals surface area contributed by atoms with Gasteiger partial charge in [-0.1, -0.05) is 0 Å². The van der Waals surface area contributed by atoms with E-state index in [9.17, 15) is 17.6 Å². The molecule has 0 aromatic heterocycles. The summed E-state index contributed by atoms with van der Waals surface area (Å²) in [6.07, 6.45) is 0. The molecule has 0 fully saturated rings. The highest BCUT2D eigenvalue weighted by atomic mass is 19.1. The van der Waals surface area contributed by atoms with Crippen molar-refractivity contribution in [1.82, 2.24) is 0 Å². The van der Waals surface area contributed by atoms with Gasteiger partial charge in [0.2, 0.25) is 0 Å². The minimum absolute atomic E-state index is 0.341. The lowest BCUT2D eigenvalue weighted by atomic mass is 10.00. The summed E-state index contributed by atoms with van der Waals surface area (Å²) in [6.45, 7) is 1.49. The van der Waals surface area contributed by atoms with E-state index in [1.165, 1.54) is 6.92 Å². The number of anilines is 2. The molecule has 6 heteroatoms. The predicted octanol–water partition coefficient (Wildman–Crippen LogP) is 3.38. The molecule has 0 atom stereocenters. The van der Waals surface area contributed by atoms with Crippen molar-refractivity contribution in [3.63, 3.8) is 0 Å². The Hall–Kier alpha value is -2.24. The van der Waals surface area contributed by atoms with Crippen molar-refractivity contribution in [1.29, 1.82) is 0 Å². The quantitative estimate of drug-likeness (QED) is 0.616. The van der Waals surface area contributed by atoms with E-state index < -0.39 is 45.8 Å². The van der Waals surface area contributed by atoms with Crippen LogP contribution in [0.5, 0.6) is 0 Å². The van der Waals surface area contributed by atoms with Gasteiger partial charge in [0.1, 0.15) is 23.1 Å². The van der Waals surface area contributed by atoms with Crippen molar-refractivity contribution in [3.8, 4) is 11.1 Å². The lowest BCUT2D eigenvalue weighted by Gasteiger charge is -2.12. The molecule has 0 amide bonds. The highest BCUT2D eigenvalue weighted by Crippen LogP contribution is 2.36. The fourth-order valence-corrected chi connectivity index (χ4v) is 1.81. The molecular weight excluding hydrogens is 260 g/mol. The maximum Gasteiger partial charge on any atom is 0.172 e. The third-order valence-electron chi connectivity index (χ3n) is 2.75. The van der Waals surface area contributed by atoms with Crippen LogP contribution in [-0.4, -0.2) is 0 Å². The molecule has 0 saturated carbocycles. The average Bonchev–Trinajstić information content (AvgIpc) is 2.31. The zero-order valence-corrected chi connectivity index (χ0v) is 9.90. The van der Waals surface area contributed by atoms with E-state index in [1.54, 1.807) is 0 Å². The summed E-state index contributed by atoms with van der Waals surface area (Å²) in [5.41, 5.74) is 8.49. The number of hydrogen-bond acceptors (Lipinski definition) is 2. The topological polar surface area (TPSA) is 52.0 Å². The Morgan fingerprint density at radius 2 is 1.32 bits per heavy atom. The summed E-state index contributed by atoms with van der Waals surface area (Å²) in [6, 6.07) is 2.80. The Labute approximate surface area is 106 Å². The van der Waals surface area contributed by atoms with Gasteiger partial charge in [-0.25, -0.2) is 17.6 Å². The first-order valence-corrected chi connectivity index (χ1v) is 5.32. The molecule has 0 aliphatic rings. The first-order chi connectivity index (χ1) is 8.82. The van der Waals surface area contributed by atoms with Gasteiger partial charge in [-0.15, -0.1) is 0 Å². The fraction of sp³-hybridized carbons (Fsp3) is 0.0769. The van der Waals surface area contributed by atoms with Crippen molar-refractivity contribution in [2.45, 2.75) is 6.92 Å². The predicted molar refractivity (Wildman–Crippen MR) is 65.3 cm³/mol. The second kappa shape index (κ2) is 4.46. The molecule has 0 unspecified atom stereocenters. The molecule has 0 heterocycles. The largest absolute Gasteiger partial charge is 0.396 e. The van der Waals surface area contributed by atoms with Crippen LogP contribution in [0.2, 0.25) is 0 Å². The fourth-order valence-electron chi connectivity index (χ4n) is 1.81. The molecule has 0 bridgehead atoms. The molecule has 0 saturated heterocycles. The van der Waals surface area contributed by atoms with E-state index in [0.717, 1.165) is 12.1 Å². The average molecular weight is 270 g/mol. The number of nitrogen functional groups attached to an aromatic ring is 2. The lowest BCUT2D eigenvalue weighted by Crippen LogP contribution is -2.04. The minimum Gasteiger partial charge on any atom is -0.396 e. The lowest BCUT2D eigenvalue weighted by molar-refractivity contribution is 0.583. The van der Waals surface area contributed by atoms with Gasteiger partial charge in [0.25, 0.3) is 0 Å². The number of rotatable bonds is 1. The first-order valence-electron chi connectivity index (χ1n) is 5.32. The molecule has 0 aliphatic heterocycles. The van der Waals surface area contributed by atoms with Crippen LogP contribution in [0, 0.1) is 30.2 Å². The summed E-state index contributed by atoms with van der Waals surface area (Å²) in [4.78, 5) is 0. The van der Waals surface area contributed by atoms with Crippen molar-refractivity contribution in [2.75, 3.05) is 11.5 Å². The molecule has 100 valence electrons. The molecule has 2 aromatic carbocycles. The summed E-state index contributed by atoms with van der Waals surface area (Å²) in [5.74, 6) is -4.25. The number of hydrogen-bond donors (Lipinski definition) is 2. The molecule has 19 heavy (non-hydrogen) atoms. The van der Waals surface area contributed by atoms with Crippen LogP contribution < -0.4 is 11.5 Å². The van der Waals surface area contributed by atoms with Gasteiger partial charge in [0.15, 0.2) is 5.82 Å². The molecule has 2 rings (SSSR count). The Morgan fingerprint density at radius 3 is 1.84 bits per heavy atom. The summed E-state index contributed by atoms with van der Waals surface area (Å²) in [5, 5.41) is 0. The maximum atomic E-state index is 13.8. The number of aryl methyl sites for hydroxylation is 1. The summed E-state index contributed by atoms with van der Waals surface area (Å²) < 4.78 is 54.5. The van der Waals surface area contributed by atoms with Crippen LogP contribution in [0.1, 0.15) is 5.56 Å². The Kier molecular flexibility index (Phi) is 3.09. The van der Waals surface area contributed by atoms with Crippen LogP contribution in [0.4, 0.5) is 28.9 Å². The molecule has 0 spiro atoms. The van der Waals surface area contributed by atoms with Gasteiger partial charge in [0, 0.05) is 5.56 Å². The Bertz CT molecular complexity index is 645. The van der Waals surface area contributed by atoms with Gasteiger partial charge in [-0.3, -0.25) is 0 Å². The van der Waals surface area contributed by atoms with Crippen molar-refractivity contribution in [2.24, 2.45) is 0 Å². The van der Waals surface area contributed by atoms with Gasteiger partial charge in [-0.05, 0) is 30.7 Å². The van der Waals surface area contributed by atoms with Gasteiger partial charge < -0.3 is 11.5 Å². The standard InChI is InChI=1S/C13H10F4N2/c1-5-2-7(14)10(8(15)3-5)6-4-9(16)13(19)11(17)12(6)18/h2-4H,18-19H2,1H3. The molecule has 0 radical (unpaired) electrons. The van der Waals surface area contributed by atoms with Crippen molar-refractivity contribution >= 4 is 11.4 Å². The van der Waals surface area contributed by atoms with Crippen molar-refractivity contribution < 1.29 is 17.6 Å². The molecular formula is C13H10F4N2. The molecule has 2 aromatic rings. The molecule has 0 aliphatic carbocycles. The monoisotopic (exact) mass is 270 g/mol. The second-order valence-electron chi connectivity index (χ2n) is 4.15. The smallest absolute Gasteiger partial charge is 0.172 e.